The van der Waals surface area contributed by atoms with Gasteiger partial charge >= 0.3 is 5.91 Å². The van der Waals surface area contributed by atoms with Gasteiger partial charge in [-0.25, -0.2) is 9.98 Å². The Morgan fingerprint density at radius 3 is 2.65 bits per heavy atom. The Labute approximate surface area is 206 Å². The first kappa shape index (κ1) is 27.6. The van der Waals surface area contributed by atoms with Gasteiger partial charge in [0.05, 0.1) is 0 Å². The summed E-state index contributed by atoms with van der Waals surface area (Å²) in [5.74, 6) is -0.721. The van der Waals surface area contributed by atoms with E-state index in [-0.39, 0.29) is 11.5 Å². The molecular formula is C24H37N7O2S. The van der Waals surface area contributed by atoms with E-state index in [1.165, 1.54) is 4.90 Å². The number of thioether (sulfide) groups is 1. The van der Waals surface area contributed by atoms with Crippen molar-refractivity contribution in [1.29, 1.82) is 5.41 Å². The maximum absolute atomic E-state index is 12.4. The van der Waals surface area contributed by atoms with Crippen molar-refractivity contribution in [2.45, 2.75) is 50.0 Å². The van der Waals surface area contributed by atoms with Gasteiger partial charge in [0.2, 0.25) is 0 Å². The monoisotopic (exact) mass is 487 g/mol. The molecular weight excluding hydrogens is 450 g/mol. The van der Waals surface area contributed by atoms with Crippen LogP contribution in [-0.4, -0.2) is 62.4 Å². The predicted octanol–water partition coefficient (Wildman–Crippen LogP) is 2.48. The van der Waals surface area contributed by atoms with Gasteiger partial charge in [-0.15, -0.1) is 11.8 Å². The third-order valence-corrected chi connectivity index (χ3v) is 6.28. The lowest BCUT2D eigenvalue weighted by Crippen LogP contribution is -2.43. The standard InChI is InChI=1S/C24H37N7O2S/c1-15(2)34-19-10-8-18(9-11-19)16(3)31-20(21(25)27-4)24(28-5)33-22(26)23(32)30-14-17-7-6-12-29-13-17/h8-11,15,17,24,26,28-29H,4,6-7,12-14,25H2,1-3,5H3,(H,30,32)/b21-20-,26-22?,31-16+. The molecule has 6 N–H and O–H groups in total. The number of carbonyl (C=O) groups excluding carboxylic acids is 1. The van der Waals surface area contributed by atoms with E-state index < -0.39 is 18.0 Å². The minimum absolute atomic E-state index is 0.0483. The first-order chi connectivity index (χ1) is 16.2. The summed E-state index contributed by atoms with van der Waals surface area (Å²) in [5.41, 5.74) is 7.89. The smallest absolute Gasteiger partial charge is 0.306 e. The second-order valence-corrected chi connectivity index (χ2v) is 10.0. The molecule has 1 aromatic carbocycles. The molecule has 9 nitrogen and oxygen atoms in total. The van der Waals surface area contributed by atoms with Crippen LogP contribution >= 0.6 is 11.8 Å². The Morgan fingerprint density at radius 1 is 1.38 bits per heavy atom. The molecule has 1 saturated heterocycles. The van der Waals surface area contributed by atoms with Crippen LogP contribution in [0.25, 0.3) is 0 Å². The predicted molar refractivity (Wildman–Crippen MR) is 141 cm³/mol. The number of nitrogens with two attached hydrogens (primary N) is 1. The van der Waals surface area contributed by atoms with E-state index >= 15 is 0 Å². The summed E-state index contributed by atoms with van der Waals surface area (Å²) in [6, 6.07) is 8.07. The summed E-state index contributed by atoms with van der Waals surface area (Å²) in [7, 11) is 1.63. The van der Waals surface area contributed by atoms with Crippen LogP contribution in [0.5, 0.6) is 0 Å². The van der Waals surface area contributed by atoms with Gasteiger partial charge in [-0.1, -0.05) is 26.0 Å². The number of ether oxygens (including phenoxy) is 1. The van der Waals surface area contributed by atoms with Crippen molar-refractivity contribution in [1.82, 2.24) is 16.0 Å². The van der Waals surface area contributed by atoms with Gasteiger partial charge in [-0.05, 0) is 70.2 Å². The number of piperidine rings is 1. The van der Waals surface area contributed by atoms with Crippen molar-refractivity contribution in [3.63, 3.8) is 0 Å². The van der Waals surface area contributed by atoms with Crippen molar-refractivity contribution < 1.29 is 9.53 Å². The fourth-order valence-corrected chi connectivity index (χ4v) is 4.30. The zero-order chi connectivity index (χ0) is 25.1. The normalized spacial score (nSPS) is 18.1. The zero-order valence-electron chi connectivity index (χ0n) is 20.5. The fourth-order valence-electron chi connectivity index (χ4n) is 3.46. The summed E-state index contributed by atoms with van der Waals surface area (Å²) < 4.78 is 5.59. The van der Waals surface area contributed by atoms with E-state index in [1.54, 1.807) is 18.8 Å². The molecule has 0 saturated carbocycles. The number of rotatable bonds is 10. The molecule has 1 aliphatic rings. The first-order valence-corrected chi connectivity index (χ1v) is 12.3. The van der Waals surface area contributed by atoms with Crippen molar-refractivity contribution in [2.24, 2.45) is 21.6 Å². The molecule has 186 valence electrons. The quantitative estimate of drug-likeness (QED) is 0.149. The van der Waals surface area contributed by atoms with Crippen LogP contribution in [0.15, 0.2) is 50.7 Å². The third kappa shape index (κ3) is 8.58. The van der Waals surface area contributed by atoms with Crippen LogP contribution in [0.4, 0.5) is 0 Å². The van der Waals surface area contributed by atoms with Crippen molar-refractivity contribution in [2.75, 3.05) is 26.7 Å². The van der Waals surface area contributed by atoms with E-state index in [4.69, 9.17) is 15.9 Å². The number of aliphatic imine (C=N–C) groups is 2. The molecule has 2 atom stereocenters. The van der Waals surface area contributed by atoms with Crippen LogP contribution < -0.4 is 21.7 Å². The third-order valence-electron chi connectivity index (χ3n) is 5.27. The minimum atomic E-state index is -0.953. The number of hydrogen-bond donors (Lipinski definition) is 5. The van der Waals surface area contributed by atoms with Crippen LogP contribution in [0.3, 0.4) is 0 Å². The maximum atomic E-state index is 12.4. The highest BCUT2D eigenvalue weighted by Crippen LogP contribution is 2.23. The fraction of sp³-hybridized carbons (Fsp3) is 0.500. The zero-order valence-corrected chi connectivity index (χ0v) is 21.3. The summed E-state index contributed by atoms with van der Waals surface area (Å²) >= 11 is 1.78. The topological polar surface area (TPSA) is 137 Å². The number of likely N-dealkylation sites (N-methyl/N-ethyl adjacent to an activating group) is 1. The number of nitrogens with zero attached hydrogens (tertiary/aromatic N) is 2. The number of benzene rings is 1. The summed E-state index contributed by atoms with van der Waals surface area (Å²) in [5, 5.41) is 17.6. The molecule has 1 amide bonds. The van der Waals surface area contributed by atoms with Crippen LogP contribution in [-0.2, 0) is 9.53 Å². The van der Waals surface area contributed by atoms with Crippen molar-refractivity contribution >= 4 is 36.0 Å². The van der Waals surface area contributed by atoms with E-state index in [9.17, 15) is 4.79 Å². The number of amides is 1. The lowest BCUT2D eigenvalue weighted by atomic mass is 10.00. The Balaban J connectivity index is 2.11. The lowest BCUT2D eigenvalue weighted by molar-refractivity contribution is -0.116. The average Bonchev–Trinajstić information content (AvgIpc) is 2.84. The van der Waals surface area contributed by atoms with Gasteiger partial charge in [0, 0.05) is 22.4 Å². The van der Waals surface area contributed by atoms with Gasteiger partial charge in [0.1, 0.15) is 11.5 Å². The number of carbonyl (C=O) groups is 1. The molecule has 0 aliphatic carbocycles. The Morgan fingerprint density at radius 2 is 2.09 bits per heavy atom. The second-order valence-electron chi connectivity index (χ2n) is 8.35. The largest absolute Gasteiger partial charge is 0.449 e. The van der Waals surface area contributed by atoms with Gasteiger partial charge in [-0.2, -0.15) is 0 Å². The number of nitrogens with one attached hydrogen (secondary N) is 4. The summed E-state index contributed by atoms with van der Waals surface area (Å²) in [6.07, 6.45) is 1.17. The highest BCUT2D eigenvalue weighted by atomic mass is 32.2. The molecule has 10 heteroatoms. The van der Waals surface area contributed by atoms with Gasteiger partial charge in [-0.3, -0.25) is 15.5 Å². The van der Waals surface area contributed by atoms with E-state index in [1.807, 2.05) is 31.2 Å². The molecule has 34 heavy (non-hydrogen) atoms. The van der Waals surface area contributed by atoms with Crippen LogP contribution in [0, 0.1) is 11.3 Å². The molecule has 1 aromatic rings. The highest BCUT2D eigenvalue weighted by molar-refractivity contribution is 7.99. The van der Waals surface area contributed by atoms with Crippen LogP contribution in [0.2, 0.25) is 0 Å². The van der Waals surface area contributed by atoms with Gasteiger partial charge < -0.3 is 21.1 Å². The van der Waals surface area contributed by atoms with E-state index in [0.717, 1.165) is 31.5 Å². The average molecular weight is 488 g/mol. The molecule has 0 radical (unpaired) electrons. The van der Waals surface area contributed by atoms with Crippen LogP contribution in [0.1, 0.15) is 39.2 Å². The Kier molecular flexibility index (Phi) is 11.2. The SMILES string of the molecule is C=N/C(N)=C(\N=C(/C)c1ccc(SC(C)C)cc1)C(NC)OC(=N)C(=O)NCC1CCCNC1. The molecule has 0 bridgehead atoms. The highest BCUT2D eigenvalue weighted by Gasteiger charge is 2.23. The Bertz CT molecular complexity index is 906. The Hall–Kier alpha value is -2.69. The van der Waals surface area contributed by atoms with Crippen molar-refractivity contribution in [3.8, 4) is 0 Å². The van der Waals surface area contributed by atoms with E-state index in [2.05, 4.69) is 46.5 Å². The molecule has 1 fully saturated rings. The summed E-state index contributed by atoms with van der Waals surface area (Å²) in [6.45, 7) is 12.0. The molecule has 0 spiro atoms. The minimum Gasteiger partial charge on any atom is -0.449 e. The molecule has 2 rings (SSSR count). The van der Waals surface area contributed by atoms with Gasteiger partial charge in [0.15, 0.2) is 6.23 Å². The molecule has 2 unspecified atom stereocenters. The van der Waals surface area contributed by atoms with Crippen molar-refractivity contribution in [3.05, 3.63) is 41.3 Å². The first-order valence-electron chi connectivity index (χ1n) is 11.4. The summed E-state index contributed by atoms with van der Waals surface area (Å²) in [4.78, 5) is 22.0. The maximum Gasteiger partial charge on any atom is 0.306 e. The van der Waals surface area contributed by atoms with Gasteiger partial charge in [0.25, 0.3) is 5.90 Å². The van der Waals surface area contributed by atoms with E-state index in [0.29, 0.717) is 23.4 Å². The molecule has 0 aromatic heterocycles. The molecule has 1 aliphatic heterocycles. The molecule has 1 heterocycles. The second kappa shape index (κ2) is 13.9. The lowest BCUT2D eigenvalue weighted by Gasteiger charge is -2.23. The number of hydrogen-bond acceptors (Lipinski definition) is 9.